The molecule has 9 nitrogen and oxygen atoms in total. The molecular weight excluding hydrogens is 366 g/mol. The van der Waals surface area contributed by atoms with Crippen molar-refractivity contribution in [2.45, 2.75) is 29.8 Å². The van der Waals surface area contributed by atoms with Crippen molar-refractivity contribution in [1.29, 1.82) is 0 Å². The normalized spacial score (nSPS) is 27.4. The highest BCUT2D eigenvalue weighted by Crippen LogP contribution is 2.50. The molecule has 2 amide bonds. The van der Waals surface area contributed by atoms with Gasteiger partial charge in [0.15, 0.2) is 4.34 Å². The van der Waals surface area contributed by atoms with Gasteiger partial charge in [-0.3, -0.25) is 14.5 Å². The SMILES string of the molecule is CC(=O)N1CCC2C(CSc3nnc(N)s3)=C(C(=O)O)N3C(=O)[C@@H]1[C@@H]23. The van der Waals surface area contributed by atoms with Crippen LogP contribution in [-0.4, -0.2) is 67.3 Å². The number of rotatable bonds is 4. The van der Waals surface area contributed by atoms with E-state index < -0.39 is 12.0 Å². The van der Waals surface area contributed by atoms with E-state index in [0.29, 0.717) is 28.2 Å². The summed E-state index contributed by atoms with van der Waals surface area (Å²) in [5.74, 6) is -1.19. The Morgan fingerprint density at radius 1 is 1.44 bits per heavy atom. The second-order valence-corrected chi connectivity index (χ2v) is 8.36. The predicted octanol–water partition coefficient (Wildman–Crippen LogP) is 0.0125. The molecule has 4 heterocycles. The average Bonchev–Trinajstić information content (AvgIpc) is 3.11. The number of nitrogens with two attached hydrogens (primary N) is 1. The molecule has 3 atom stereocenters. The lowest BCUT2D eigenvalue weighted by atomic mass is 9.78. The fourth-order valence-corrected chi connectivity index (χ4v) is 5.70. The molecule has 3 aliphatic rings. The molecule has 0 aromatic carbocycles. The van der Waals surface area contributed by atoms with Gasteiger partial charge in [0.25, 0.3) is 5.91 Å². The Kier molecular flexibility index (Phi) is 3.72. The van der Waals surface area contributed by atoms with Gasteiger partial charge in [-0.2, -0.15) is 0 Å². The third kappa shape index (κ3) is 2.33. The molecular formula is C14H15N5O4S2. The van der Waals surface area contributed by atoms with E-state index in [1.165, 1.54) is 34.9 Å². The van der Waals surface area contributed by atoms with E-state index in [2.05, 4.69) is 10.2 Å². The van der Waals surface area contributed by atoms with Gasteiger partial charge in [0, 0.05) is 25.1 Å². The number of likely N-dealkylation sites (tertiary alicyclic amines) is 1. The molecule has 2 fully saturated rings. The Hall–Kier alpha value is -2.14. The van der Waals surface area contributed by atoms with Crippen LogP contribution >= 0.6 is 23.1 Å². The Morgan fingerprint density at radius 3 is 2.80 bits per heavy atom. The van der Waals surface area contributed by atoms with Gasteiger partial charge in [-0.05, 0) is 12.0 Å². The summed E-state index contributed by atoms with van der Waals surface area (Å²) < 4.78 is 0.660. The number of thioether (sulfide) groups is 1. The van der Waals surface area contributed by atoms with Gasteiger partial charge in [0.2, 0.25) is 11.0 Å². The molecule has 0 bridgehead atoms. The van der Waals surface area contributed by atoms with Gasteiger partial charge in [-0.25, -0.2) is 4.79 Å². The lowest BCUT2D eigenvalue weighted by molar-refractivity contribution is -0.168. The van der Waals surface area contributed by atoms with Crippen molar-refractivity contribution in [3.05, 3.63) is 11.3 Å². The van der Waals surface area contributed by atoms with E-state index in [0.717, 1.165) is 5.57 Å². The van der Waals surface area contributed by atoms with Crippen molar-refractivity contribution in [3.63, 3.8) is 0 Å². The van der Waals surface area contributed by atoms with E-state index >= 15 is 0 Å². The Morgan fingerprint density at radius 2 is 2.20 bits per heavy atom. The molecule has 25 heavy (non-hydrogen) atoms. The highest BCUT2D eigenvalue weighted by atomic mass is 32.2. The number of carboxylic acid groups (broad SMARTS) is 1. The third-order valence-corrected chi connectivity index (χ3v) is 6.85. The van der Waals surface area contributed by atoms with Gasteiger partial charge in [0.1, 0.15) is 11.7 Å². The van der Waals surface area contributed by atoms with Crippen LogP contribution in [0.25, 0.3) is 0 Å². The molecule has 0 aliphatic carbocycles. The van der Waals surface area contributed by atoms with Crippen molar-refractivity contribution in [2.24, 2.45) is 5.92 Å². The number of β-lactam (4-membered cyclic amide) rings is 1. The molecule has 2 saturated heterocycles. The van der Waals surface area contributed by atoms with Crippen molar-refractivity contribution < 1.29 is 19.5 Å². The van der Waals surface area contributed by atoms with Crippen LogP contribution < -0.4 is 5.73 Å². The number of amides is 2. The minimum absolute atomic E-state index is 0.0397. The highest BCUT2D eigenvalue weighted by molar-refractivity contribution is 8.01. The number of nitrogen functional groups attached to an aromatic ring is 1. The van der Waals surface area contributed by atoms with Crippen molar-refractivity contribution in [2.75, 3.05) is 18.0 Å². The van der Waals surface area contributed by atoms with Crippen LogP contribution in [0, 0.1) is 5.92 Å². The maximum atomic E-state index is 12.5. The molecule has 4 rings (SSSR count). The zero-order valence-corrected chi connectivity index (χ0v) is 14.8. The smallest absolute Gasteiger partial charge is 0.352 e. The minimum Gasteiger partial charge on any atom is -0.477 e. The van der Waals surface area contributed by atoms with Gasteiger partial charge >= 0.3 is 5.97 Å². The van der Waals surface area contributed by atoms with Gasteiger partial charge in [0.05, 0.1) is 6.04 Å². The monoisotopic (exact) mass is 381 g/mol. The summed E-state index contributed by atoms with van der Waals surface area (Å²) in [6, 6.07) is -0.795. The van der Waals surface area contributed by atoms with Crippen LogP contribution in [0.5, 0.6) is 0 Å². The van der Waals surface area contributed by atoms with Crippen LogP contribution in [0.3, 0.4) is 0 Å². The first-order chi connectivity index (χ1) is 11.9. The maximum absolute atomic E-state index is 12.5. The second kappa shape index (κ2) is 5.70. The number of anilines is 1. The molecule has 0 saturated carbocycles. The molecule has 11 heteroatoms. The largest absolute Gasteiger partial charge is 0.477 e. The Labute approximate surface area is 150 Å². The first-order valence-corrected chi connectivity index (χ1v) is 9.48. The summed E-state index contributed by atoms with van der Waals surface area (Å²) in [5, 5.41) is 17.7. The summed E-state index contributed by atoms with van der Waals surface area (Å²) in [6.07, 6.45) is 0.648. The predicted molar refractivity (Wildman–Crippen MR) is 89.6 cm³/mol. The lowest BCUT2D eigenvalue weighted by Gasteiger charge is -2.53. The van der Waals surface area contributed by atoms with Crippen molar-refractivity contribution in [3.8, 4) is 0 Å². The summed E-state index contributed by atoms with van der Waals surface area (Å²) in [6.45, 7) is 1.90. The number of piperidine rings is 1. The number of carboxylic acids is 1. The summed E-state index contributed by atoms with van der Waals surface area (Å²) in [5.41, 5.74) is 6.36. The zero-order valence-electron chi connectivity index (χ0n) is 13.2. The van der Waals surface area contributed by atoms with Crippen LogP contribution in [-0.2, 0) is 14.4 Å². The van der Waals surface area contributed by atoms with E-state index in [4.69, 9.17) is 5.73 Å². The van der Waals surface area contributed by atoms with Crippen LogP contribution in [0.4, 0.5) is 5.13 Å². The third-order valence-electron chi connectivity index (χ3n) is 4.91. The molecule has 132 valence electrons. The van der Waals surface area contributed by atoms with Crippen LogP contribution in [0.2, 0.25) is 0 Å². The number of nitrogens with zero attached hydrogens (tertiary/aromatic N) is 4. The summed E-state index contributed by atoms with van der Waals surface area (Å²) in [4.78, 5) is 39.0. The fourth-order valence-electron chi connectivity index (χ4n) is 3.96. The zero-order chi connectivity index (χ0) is 17.9. The topological polar surface area (TPSA) is 130 Å². The Balaban J connectivity index is 1.63. The minimum atomic E-state index is -1.11. The van der Waals surface area contributed by atoms with Crippen LogP contribution in [0.15, 0.2) is 15.6 Å². The number of hydrogen-bond donors (Lipinski definition) is 2. The summed E-state index contributed by atoms with van der Waals surface area (Å²) in [7, 11) is 0. The molecule has 1 unspecified atom stereocenters. The molecule has 3 N–H and O–H groups in total. The first kappa shape index (κ1) is 16.3. The standard InChI is InChI=1S/C14H15N5O4S2/c1-5(20)18-3-2-6-7(4-24-14-17-16-13(15)25-14)9(12(22)23)19-8(6)10(18)11(19)21/h6,8,10H,2-4H2,1H3,(H2,15,16)(H,22,23)/t6?,8-,10+/m1/s1. The maximum Gasteiger partial charge on any atom is 0.352 e. The fraction of sp³-hybridized carbons (Fsp3) is 0.500. The number of carbonyl (C=O) groups is 3. The van der Waals surface area contributed by atoms with E-state index in [-0.39, 0.29) is 29.5 Å². The highest BCUT2D eigenvalue weighted by Gasteiger charge is 2.63. The molecule has 0 radical (unpaired) electrons. The number of aliphatic carboxylic acids is 1. The van der Waals surface area contributed by atoms with Crippen LogP contribution in [0.1, 0.15) is 13.3 Å². The quantitative estimate of drug-likeness (QED) is 0.551. The molecule has 0 spiro atoms. The lowest BCUT2D eigenvalue weighted by Crippen LogP contribution is -2.73. The Bertz CT molecular complexity index is 822. The molecule has 1 aromatic heterocycles. The van der Waals surface area contributed by atoms with Gasteiger partial charge in [-0.1, -0.05) is 23.1 Å². The molecule has 1 aromatic rings. The summed E-state index contributed by atoms with van der Waals surface area (Å²) >= 11 is 2.61. The van der Waals surface area contributed by atoms with E-state index in [1.807, 2.05) is 0 Å². The first-order valence-electron chi connectivity index (χ1n) is 7.68. The number of aromatic nitrogens is 2. The van der Waals surface area contributed by atoms with Gasteiger partial charge in [-0.15, -0.1) is 10.2 Å². The van der Waals surface area contributed by atoms with Gasteiger partial charge < -0.3 is 15.7 Å². The van der Waals surface area contributed by atoms with E-state index in [1.54, 1.807) is 4.90 Å². The average molecular weight is 381 g/mol. The second-order valence-electron chi connectivity index (χ2n) is 6.13. The van der Waals surface area contributed by atoms with E-state index in [9.17, 15) is 19.5 Å². The number of carbonyl (C=O) groups excluding carboxylic acids is 2. The number of hydrogen-bond acceptors (Lipinski definition) is 8. The van der Waals surface area contributed by atoms with Crippen molar-refractivity contribution >= 4 is 46.0 Å². The van der Waals surface area contributed by atoms with Crippen molar-refractivity contribution in [1.82, 2.24) is 20.0 Å². The molecule has 3 aliphatic heterocycles.